The Morgan fingerprint density at radius 2 is 1.80 bits per heavy atom. The van der Waals surface area contributed by atoms with Crippen LogP contribution in [0.4, 0.5) is 0 Å². The summed E-state index contributed by atoms with van der Waals surface area (Å²) in [4.78, 5) is 0.188. The smallest absolute Gasteiger partial charge is 0.207 e. The lowest BCUT2D eigenvalue weighted by molar-refractivity contribution is 0.336. The third-order valence-corrected chi connectivity index (χ3v) is 8.42. The molecule has 30 heavy (non-hydrogen) atoms. The molecule has 2 aromatic rings. The summed E-state index contributed by atoms with van der Waals surface area (Å²) in [5.41, 5.74) is 3.67. The number of sulfonamides is 1. The van der Waals surface area contributed by atoms with E-state index >= 15 is 0 Å². The number of hydrogen-bond acceptors (Lipinski definition) is 2. The standard InChI is InChI=1S/C24H25Cl2NO2S/c25-23-13-12-22(15-24(23)26)30(28,29)27-16-19(11-10-18-6-2-1-3-7-18)14-20-8-4-5-9-21(20)17-27/h2,4-9,12-13,15,19H,1,3,10-11,14,16-17H2. The second-order valence-corrected chi connectivity index (χ2v) is 10.8. The normalized spacial score (nSPS) is 19.8. The first kappa shape index (κ1) is 21.6. The van der Waals surface area contributed by atoms with Crippen LogP contribution in [0.2, 0.25) is 10.0 Å². The van der Waals surface area contributed by atoms with Crippen molar-refractivity contribution >= 4 is 33.2 Å². The van der Waals surface area contributed by atoms with Crippen LogP contribution >= 0.6 is 23.2 Å². The molecular weight excluding hydrogens is 437 g/mol. The van der Waals surface area contributed by atoms with Gasteiger partial charge in [-0.25, -0.2) is 8.42 Å². The molecule has 0 amide bonds. The van der Waals surface area contributed by atoms with E-state index in [4.69, 9.17) is 23.2 Å². The minimum absolute atomic E-state index is 0.188. The third kappa shape index (κ3) is 4.83. The molecule has 1 unspecified atom stereocenters. The Balaban J connectivity index is 1.62. The molecule has 158 valence electrons. The topological polar surface area (TPSA) is 37.4 Å². The largest absolute Gasteiger partial charge is 0.243 e. The number of benzene rings is 2. The molecule has 6 heteroatoms. The van der Waals surface area contributed by atoms with Gasteiger partial charge in [0.1, 0.15) is 0 Å². The minimum Gasteiger partial charge on any atom is -0.207 e. The van der Waals surface area contributed by atoms with Crippen LogP contribution < -0.4 is 0 Å². The monoisotopic (exact) mass is 461 g/mol. The minimum atomic E-state index is -3.68. The maximum absolute atomic E-state index is 13.5. The van der Waals surface area contributed by atoms with E-state index in [1.807, 2.05) is 18.2 Å². The second-order valence-electron chi connectivity index (χ2n) is 8.01. The van der Waals surface area contributed by atoms with E-state index < -0.39 is 10.0 Å². The van der Waals surface area contributed by atoms with Crippen molar-refractivity contribution in [1.29, 1.82) is 0 Å². The maximum atomic E-state index is 13.5. The van der Waals surface area contributed by atoms with Gasteiger partial charge in [-0.3, -0.25) is 0 Å². The lowest BCUT2D eigenvalue weighted by atomic mass is 9.91. The molecular formula is C24H25Cl2NO2S. The van der Waals surface area contributed by atoms with Gasteiger partial charge in [0.05, 0.1) is 14.9 Å². The SMILES string of the molecule is O=S(=O)(c1ccc(Cl)c(Cl)c1)N1Cc2ccccc2CC(CCC2=CCCC=C2)C1. The van der Waals surface area contributed by atoms with Gasteiger partial charge in [0.15, 0.2) is 0 Å². The Morgan fingerprint density at radius 3 is 2.53 bits per heavy atom. The van der Waals surface area contributed by atoms with Gasteiger partial charge in [-0.05, 0) is 67.3 Å². The van der Waals surface area contributed by atoms with E-state index in [2.05, 4.69) is 24.3 Å². The summed E-state index contributed by atoms with van der Waals surface area (Å²) in [6.45, 7) is 0.867. The van der Waals surface area contributed by atoms with E-state index in [0.29, 0.717) is 18.1 Å². The molecule has 2 aromatic carbocycles. The Bertz CT molecular complexity index is 1090. The van der Waals surface area contributed by atoms with Crippen LogP contribution in [-0.4, -0.2) is 19.3 Å². The predicted molar refractivity (Wildman–Crippen MR) is 123 cm³/mol. The molecule has 1 atom stereocenters. The molecule has 4 rings (SSSR count). The van der Waals surface area contributed by atoms with E-state index in [1.165, 1.54) is 23.3 Å². The molecule has 0 saturated heterocycles. The Labute approximate surface area is 189 Å². The highest BCUT2D eigenvalue weighted by atomic mass is 35.5. The van der Waals surface area contributed by atoms with Crippen molar-refractivity contribution in [3.05, 3.63) is 87.4 Å². The average Bonchev–Trinajstić information content (AvgIpc) is 2.94. The molecule has 0 saturated carbocycles. The van der Waals surface area contributed by atoms with Gasteiger partial charge in [-0.1, -0.05) is 71.3 Å². The molecule has 3 nitrogen and oxygen atoms in total. The Hall–Kier alpha value is -1.59. The van der Waals surface area contributed by atoms with Crippen molar-refractivity contribution in [3.63, 3.8) is 0 Å². The number of allylic oxidation sites excluding steroid dienone is 4. The first-order valence-corrected chi connectivity index (χ1v) is 12.5. The second kappa shape index (κ2) is 9.27. The summed E-state index contributed by atoms with van der Waals surface area (Å²) in [5, 5.41) is 0.601. The zero-order valence-corrected chi connectivity index (χ0v) is 19.1. The molecule has 0 aromatic heterocycles. The molecule has 0 bridgehead atoms. The number of rotatable bonds is 5. The predicted octanol–water partition coefficient (Wildman–Crippen LogP) is 6.41. The van der Waals surface area contributed by atoms with Crippen LogP contribution in [0, 0.1) is 5.92 Å². The summed E-state index contributed by atoms with van der Waals surface area (Å²) in [6, 6.07) is 12.7. The van der Waals surface area contributed by atoms with E-state index in [0.717, 1.165) is 37.7 Å². The summed E-state index contributed by atoms with van der Waals surface area (Å²) >= 11 is 12.1. The van der Waals surface area contributed by atoms with Gasteiger partial charge in [0.25, 0.3) is 0 Å². The molecule has 0 N–H and O–H groups in total. The van der Waals surface area contributed by atoms with Crippen LogP contribution in [0.3, 0.4) is 0 Å². The number of fused-ring (bicyclic) bond motifs is 1. The molecule has 0 radical (unpaired) electrons. The van der Waals surface area contributed by atoms with E-state index in [1.54, 1.807) is 10.4 Å². The van der Waals surface area contributed by atoms with Gasteiger partial charge in [-0.2, -0.15) is 4.31 Å². The summed E-state index contributed by atoms with van der Waals surface area (Å²) < 4.78 is 28.5. The molecule has 2 aliphatic rings. The fourth-order valence-corrected chi connectivity index (χ4v) is 6.10. The fourth-order valence-electron chi connectivity index (χ4n) is 4.22. The molecule has 0 spiro atoms. The lowest BCUT2D eigenvalue weighted by Crippen LogP contribution is -2.34. The molecule has 1 aliphatic heterocycles. The number of halogens is 2. The molecule has 1 aliphatic carbocycles. The van der Waals surface area contributed by atoms with Crippen molar-refractivity contribution in [2.24, 2.45) is 5.92 Å². The number of hydrogen-bond donors (Lipinski definition) is 0. The zero-order chi connectivity index (χ0) is 21.1. The van der Waals surface area contributed by atoms with Crippen LogP contribution in [-0.2, 0) is 23.0 Å². The summed E-state index contributed by atoms with van der Waals surface area (Å²) in [6.07, 6.45) is 11.8. The van der Waals surface area contributed by atoms with Gasteiger partial charge in [-0.15, -0.1) is 0 Å². The highest BCUT2D eigenvalue weighted by molar-refractivity contribution is 7.89. The van der Waals surface area contributed by atoms with E-state index in [-0.39, 0.29) is 15.8 Å². The van der Waals surface area contributed by atoms with E-state index in [9.17, 15) is 8.42 Å². The van der Waals surface area contributed by atoms with Crippen molar-refractivity contribution in [2.45, 2.75) is 43.5 Å². The Kier molecular flexibility index (Phi) is 6.69. The van der Waals surface area contributed by atoms with Crippen molar-refractivity contribution < 1.29 is 8.42 Å². The van der Waals surface area contributed by atoms with Crippen LogP contribution in [0.1, 0.15) is 36.8 Å². The van der Waals surface area contributed by atoms with Crippen molar-refractivity contribution in [1.82, 2.24) is 4.31 Å². The summed E-state index contributed by atoms with van der Waals surface area (Å²) in [5.74, 6) is 0.252. The average molecular weight is 462 g/mol. The quantitative estimate of drug-likeness (QED) is 0.515. The van der Waals surface area contributed by atoms with Gasteiger partial charge in [0.2, 0.25) is 10.0 Å². The van der Waals surface area contributed by atoms with Gasteiger partial charge >= 0.3 is 0 Å². The first-order valence-electron chi connectivity index (χ1n) is 10.3. The van der Waals surface area contributed by atoms with Crippen LogP contribution in [0.25, 0.3) is 0 Å². The molecule has 0 fully saturated rings. The summed E-state index contributed by atoms with van der Waals surface area (Å²) in [7, 11) is -3.68. The lowest BCUT2D eigenvalue weighted by Gasteiger charge is -2.24. The zero-order valence-electron chi connectivity index (χ0n) is 16.7. The van der Waals surface area contributed by atoms with Crippen molar-refractivity contribution in [3.8, 4) is 0 Å². The highest BCUT2D eigenvalue weighted by Crippen LogP contribution is 2.32. The first-order chi connectivity index (χ1) is 14.4. The fraction of sp³-hybridized carbons (Fsp3) is 0.333. The third-order valence-electron chi connectivity index (χ3n) is 5.88. The molecule has 1 heterocycles. The number of nitrogens with zero attached hydrogens (tertiary/aromatic N) is 1. The van der Waals surface area contributed by atoms with Crippen LogP contribution in [0.5, 0.6) is 0 Å². The van der Waals surface area contributed by atoms with Crippen molar-refractivity contribution in [2.75, 3.05) is 6.54 Å². The van der Waals surface area contributed by atoms with Gasteiger partial charge < -0.3 is 0 Å². The maximum Gasteiger partial charge on any atom is 0.243 e. The van der Waals surface area contributed by atoms with Crippen LogP contribution in [0.15, 0.2) is 71.2 Å². The highest BCUT2D eigenvalue weighted by Gasteiger charge is 2.31. The van der Waals surface area contributed by atoms with Gasteiger partial charge in [0, 0.05) is 13.1 Å². The Morgan fingerprint density at radius 1 is 1.00 bits per heavy atom.